The molecule has 0 aromatic heterocycles. The van der Waals surface area contributed by atoms with Crippen LogP contribution in [0, 0.1) is 11.8 Å². The van der Waals surface area contributed by atoms with Gasteiger partial charge in [-0.1, -0.05) is 38.1 Å². The molecule has 1 aliphatic heterocycles. The highest BCUT2D eigenvalue weighted by Gasteiger charge is 2.25. The Kier molecular flexibility index (Phi) is 5.80. The van der Waals surface area contributed by atoms with Crippen LogP contribution in [0.4, 0.5) is 0 Å². The number of carbonyl (C=O) groups excluding carboxylic acids is 1. The third-order valence-electron chi connectivity index (χ3n) is 4.19. The number of amides is 1. The molecule has 1 fully saturated rings. The van der Waals surface area contributed by atoms with E-state index < -0.39 is 0 Å². The van der Waals surface area contributed by atoms with Crippen LogP contribution in [0.2, 0.25) is 0 Å². The molecule has 1 saturated heterocycles. The monoisotopic (exact) mass is 289 g/mol. The minimum absolute atomic E-state index is 0.196. The zero-order chi connectivity index (χ0) is 15.2. The van der Waals surface area contributed by atoms with Crippen LogP contribution in [0.1, 0.15) is 37.8 Å². The first-order valence-electron chi connectivity index (χ1n) is 8.05. The number of rotatable bonds is 6. The number of aliphatic hydroxyl groups is 1. The van der Waals surface area contributed by atoms with Gasteiger partial charge in [0, 0.05) is 32.0 Å². The van der Waals surface area contributed by atoms with Gasteiger partial charge in [0.2, 0.25) is 5.91 Å². The summed E-state index contributed by atoms with van der Waals surface area (Å²) in [4.78, 5) is 14.0. The lowest BCUT2D eigenvalue weighted by Crippen LogP contribution is -2.29. The van der Waals surface area contributed by atoms with Crippen molar-refractivity contribution < 1.29 is 9.90 Å². The number of aliphatic hydroxyl groups excluding tert-OH is 1. The Labute approximate surface area is 128 Å². The van der Waals surface area contributed by atoms with Crippen LogP contribution in [-0.4, -0.2) is 35.6 Å². The lowest BCUT2D eigenvalue weighted by atomic mass is 10.0. The smallest absolute Gasteiger partial charge is 0.222 e. The van der Waals surface area contributed by atoms with Gasteiger partial charge in [-0.15, -0.1) is 0 Å². The molecule has 1 unspecified atom stereocenters. The molecule has 1 aromatic carbocycles. The Morgan fingerprint density at radius 2 is 1.95 bits per heavy atom. The zero-order valence-electron chi connectivity index (χ0n) is 13.2. The second-order valence-corrected chi connectivity index (χ2v) is 6.59. The molecule has 2 rings (SSSR count). The van der Waals surface area contributed by atoms with Crippen LogP contribution >= 0.6 is 0 Å². The molecule has 0 spiro atoms. The third kappa shape index (κ3) is 4.85. The average Bonchev–Trinajstić information content (AvgIpc) is 2.94. The number of benzene rings is 1. The highest BCUT2D eigenvalue weighted by atomic mass is 16.3. The topological polar surface area (TPSA) is 40.5 Å². The molecule has 1 aliphatic rings. The molecule has 0 radical (unpaired) electrons. The molecule has 21 heavy (non-hydrogen) atoms. The zero-order valence-corrected chi connectivity index (χ0v) is 13.2. The Bertz CT molecular complexity index is 453. The highest BCUT2D eigenvalue weighted by molar-refractivity contribution is 5.76. The van der Waals surface area contributed by atoms with Crippen LogP contribution in [-0.2, 0) is 17.6 Å². The van der Waals surface area contributed by atoms with E-state index in [2.05, 4.69) is 38.1 Å². The molecule has 116 valence electrons. The lowest BCUT2D eigenvalue weighted by Gasteiger charge is -2.16. The van der Waals surface area contributed by atoms with Crippen molar-refractivity contribution in [1.82, 2.24) is 4.90 Å². The Balaban J connectivity index is 1.79. The first-order chi connectivity index (χ1) is 10.1. The average molecular weight is 289 g/mol. The standard InChI is InChI=1S/C18H27NO2/c1-14(2)11-16-5-3-15(4-6-16)7-8-18(21)19-10-9-17(12-19)13-20/h3-6,14,17,20H,7-13H2,1-2H3. The van der Waals surface area contributed by atoms with Gasteiger partial charge in [-0.25, -0.2) is 0 Å². The van der Waals surface area contributed by atoms with Crippen molar-refractivity contribution in [2.24, 2.45) is 11.8 Å². The molecule has 1 aromatic rings. The fourth-order valence-corrected chi connectivity index (χ4v) is 2.93. The summed E-state index contributed by atoms with van der Waals surface area (Å²) in [5, 5.41) is 9.12. The van der Waals surface area contributed by atoms with Crippen LogP contribution < -0.4 is 0 Å². The summed E-state index contributed by atoms with van der Waals surface area (Å²) in [5.41, 5.74) is 2.60. The normalized spacial score (nSPS) is 18.5. The van der Waals surface area contributed by atoms with Crippen LogP contribution in [0.3, 0.4) is 0 Å². The van der Waals surface area contributed by atoms with Crippen molar-refractivity contribution in [1.29, 1.82) is 0 Å². The predicted molar refractivity (Wildman–Crippen MR) is 85.1 cm³/mol. The molecule has 1 N–H and O–H groups in total. The summed E-state index contributed by atoms with van der Waals surface area (Å²) in [6, 6.07) is 8.64. The fourth-order valence-electron chi connectivity index (χ4n) is 2.93. The first-order valence-corrected chi connectivity index (χ1v) is 8.05. The summed E-state index contributed by atoms with van der Waals surface area (Å²) in [6.45, 7) is 6.17. The van der Waals surface area contributed by atoms with E-state index in [1.165, 1.54) is 11.1 Å². The van der Waals surface area contributed by atoms with Gasteiger partial charge < -0.3 is 10.0 Å². The lowest BCUT2D eigenvalue weighted by molar-refractivity contribution is -0.130. The second kappa shape index (κ2) is 7.60. The van der Waals surface area contributed by atoms with Gasteiger partial charge in [-0.3, -0.25) is 4.79 Å². The van der Waals surface area contributed by atoms with Crippen molar-refractivity contribution in [2.75, 3.05) is 19.7 Å². The third-order valence-corrected chi connectivity index (χ3v) is 4.19. The first kappa shape index (κ1) is 16.0. The minimum atomic E-state index is 0.196. The maximum atomic E-state index is 12.1. The maximum absolute atomic E-state index is 12.1. The van der Waals surface area contributed by atoms with E-state index >= 15 is 0 Å². The molecule has 3 nitrogen and oxygen atoms in total. The van der Waals surface area contributed by atoms with Gasteiger partial charge in [0.1, 0.15) is 0 Å². The molecule has 1 atom stereocenters. The van der Waals surface area contributed by atoms with Gasteiger partial charge in [-0.05, 0) is 36.3 Å². The summed E-state index contributed by atoms with van der Waals surface area (Å²) in [6.07, 6.45) is 3.42. The number of aryl methyl sites for hydroxylation is 1. The molecule has 0 saturated carbocycles. The van der Waals surface area contributed by atoms with Gasteiger partial charge >= 0.3 is 0 Å². The molecule has 0 aliphatic carbocycles. The van der Waals surface area contributed by atoms with E-state index in [1.807, 2.05) is 4.90 Å². The summed E-state index contributed by atoms with van der Waals surface area (Å²) in [5.74, 6) is 1.17. The van der Waals surface area contributed by atoms with Gasteiger partial charge in [-0.2, -0.15) is 0 Å². The summed E-state index contributed by atoms with van der Waals surface area (Å²) >= 11 is 0. The Morgan fingerprint density at radius 3 is 2.52 bits per heavy atom. The summed E-state index contributed by atoms with van der Waals surface area (Å²) < 4.78 is 0. The van der Waals surface area contributed by atoms with E-state index in [-0.39, 0.29) is 18.4 Å². The second-order valence-electron chi connectivity index (χ2n) is 6.59. The molecule has 3 heteroatoms. The highest BCUT2D eigenvalue weighted by Crippen LogP contribution is 2.17. The number of hydrogen-bond acceptors (Lipinski definition) is 2. The number of hydrogen-bond donors (Lipinski definition) is 1. The van der Waals surface area contributed by atoms with Crippen molar-refractivity contribution in [3.8, 4) is 0 Å². The molecule has 1 amide bonds. The van der Waals surface area contributed by atoms with Gasteiger partial charge in [0.05, 0.1) is 0 Å². The maximum Gasteiger partial charge on any atom is 0.222 e. The van der Waals surface area contributed by atoms with E-state index in [1.54, 1.807) is 0 Å². The Morgan fingerprint density at radius 1 is 1.29 bits per heavy atom. The van der Waals surface area contributed by atoms with Crippen molar-refractivity contribution in [2.45, 2.75) is 39.5 Å². The molecular weight excluding hydrogens is 262 g/mol. The Hall–Kier alpha value is -1.35. The van der Waals surface area contributed by atoms with E-state index in [4.69, 9.17) is 5.11 Å². The van der Waals surface area contributed by atoms with E-state index in [0.717, 1.165) is 32.4 Å². The van der Waals surface area contributed by atoms with E-state index in [9.17, 15) is 4.79 Å². The number of nitrogens with zero attached hydrogens (tertiary/aromatic N) is 1. The van der Waals surface area contributed by atoms with Crippen LogP contribution in [0.25, 0.3) is 0 Å². The summed E-state index contributed by atoms with van der Waals surface area (Å²) in [7, 11) is 0. The quantitative estimate of drug-likeness (QED) is 0.874. The molecular formula is C18H27NO2. The van der Waals surface area contributed by atoms with Gasteiger partial charge in [0.15, 0.2) is 0 Å². The van der Waals surface area contributed by atoms with Gasteiger partial charge in [0.25, 0.3) is 0 Å². The largest absolute Gasteiger partial charge is 0.396 e. The van der Waals surface area contributed by atoms with Crippen molar-refractivity contribution >= 4 is 5.91 Å². The fraction of sp³-hybridized carbons (Fsp3) is 0.611. The van der Waals surface area contributed by atoms with Crippen LogP contribution in [0.15, 0.2) is 24.3 Å². The van der Waals surface area contributed by atoms with E-state index in [0.29, 0.717) is 12.3 Å². The predicted octanol–water partition coefficient (Wildman–Crippen LogP) is 2.66. The van der Waals surface area contributed by atoms with Crippen molar-refractivity contribution in [3.05, 3.63) is 35.4 Å². The molecule has 1 heterocycles. The number of likely N-dealkylation sites (tertiary alicyclic amines) is 1. The minimum Gasteiger partial charge on any atom is -0.396 e. The number of carbonyl (C=O) groups is 1. The molecule has 0 bridgehead atoms. The van der Waals surface area contributed by atoms with Crippen LogP contribution in [0.5, 0.6) is 0 Å². The SMILES string of the molecule is CC(C)Cc1ccc(CCC(=O)N2CCC(CO)C2)cc1. The van der Waals surface area contributed by atoms with Crippen molar-refractivity contribution in [3.63, 3.8) is 0 Å².